The number of hydrogen-bond donors (Lipinski definition) is 2. The summed E-state index contributed by atoms with van der Waals surface area (Å²) in [6.07, 6.45) is 2.63. The fourth-order valence-electron chi connectivity index (χ4n) is 2.33. The van der Waals surface area contributed by atoms with Crippen LogP contribution in [0.5, 0.6) is 0 Å². The monoisotopic (exact) mass is 258 g/mol. The third kappa shape index (κ3) is 2.44. The number of fused-ring (bicyclic) bond motifs is 1. The van der Waals surface area contributed by atoms with E-state index in [-0.39, 0.29) is 6.54 Å². The second-order valence-corrected chi connectivity index (χ2v) is 4.81. The summed E-state index contributed by atoms with van der Waals surface area (Å²) in [5.74, 6) is -0.842. The minimum atomic E-state index is -0.911. The molecule has 4 heteroatoms. The number of carbonyl (C=O) groups is 1. The zero-order chi connectivity index (χ0) is 13.9. The van der Waals surface area contributed by atoms with Gasteiger partial charge in [0.1, 0.15) is 0 Å². The van der Waals surface area contributed by atoms with Crippen molar-refractivity contribution >= 4 is 16.9 Å². The first-order chi connectivity index (χ1) is 9.13. The Bertz CT molecular complexity index is 586. The molecule has 19 heavy (non-hydrogen) atoms. The molecule has 0 aliphatic heterocycles. The molecule has 0 fully saturated rings. The highest BCUT2D eigenvalue weighted by atomic mass is 16.4. The van der Waals surface area contributed by atoms with Crippen LogP contribution in [0, 0.1) is 5.41 Å². The van der Waals surface area contributed by atoms with Gasteiger partial charge in [0.2, 0.25) is 0 Å². The van der Waals surface area contributed by atoms with E-state index in [0.717, 1.165) is 16.5 Å². The van der Waals surface area contributed by atoms with Crippen LogP contribution in [0.15, 0.2) is 36.5 Å². The molecule has 0 aliphatic rings. The molecule has 1 aromatic carbocycles. The fraction of sp³-hybridized carbons (Fsp3) is 0.333. The molecule has 1 unspecified atom stereocenters. The Morgan fingerprint density at radius 1 is 1.37 bits per heavy atom. The van der Waals surface area contributed by atoms with Gasteiger partial charge in [0.15, 0.2) is 0 Å². The lowest BCUT2D eigenvalue weighted by Crippen LogP contribution is -2.40. The molecular weight excluding hydrogens is 240 g/mol. The summed E-state index contributed by atoms with van der Waals surface area (Å²) < 4.78 is 0. The molecule has 4 nitrogen and oxygen atoms in total. The number of benzene rings is 1. The van der Waals surface area contributed by atoms with Crippen molar-refractivity contribution in [3.63, 3.8) is 0 Å². The smallest absolute Gasteiger partial charge is 0.311 e. The van der Waals surface area contributed by atoms with Crippen molar-refractivity contribution in [2.24, 2.45) is 11.1 Å². The van der Waals surface area contributed by atoms with Crippen molar-refractivity contribution in [1.82, 2.24) is 4.98 Å². The highest BCUT2D eigenvalue weighted by Crippen LogP contribution is 2.29. The average Bonchev–Trinajstić information content (AvgIpc) is 2.44. The molecule has 1 heterocycles. The maximum Gasteiger partial charge on any atom is 0.311 e. The van der Waals surface area contributed by atoms with Crippen molar-refractivity contribution in [3.05, 3.63) is 42.1 Å². The number of rotatable bonds is 5. The van der Waals surface area contributed by atoms with Gasteiger partial charge in [-0.1, -0.05) is 31.2 Å². The fourth-order valence-corrected chi connectivity index (χ4v) is 2.33. The van der Waals surface area contributed by atoms with Gasteiger partial charge in [0, 0.05) is 18.1 Å². The molecule has 0 radical (unpaired) electrons. The maximum absolute atomic E-state index is 11.5. The van der Waals surface area contributed by atoms with Crippen molar-refractivity contribution in [3.8, 4) is 0 Å². The Morgan fingerprint density at radius 3 is 2.74 bits per heavy atom. The van der Waals surface area contributed by atoms with E-state index in [1.165, 1.54) is 0 Å². The van der Waals surface area contributed by atoms with E-state index in [1.807, 2.05) is 37.3 Å². The number of aromatic nitrogens is 1. The number of aliphatic carboxylic acids is 1. The van der Waals surface area contributed by atoms with Gasteiger partial charge >= 0.3 is 5.97 Å². The largest absolute Gasteiger partial charge is 0.481 e. The van der Waals surface area contributed by atoms with Gasteiger partial charge < -0.3 is 10.8 Å². The second kappa shape index (κ2) is 5.36. The first-order valence-corrected chi connectivity index (χ1v) is 6.39. The molecule has 3 N–H and O–H groups in total. The molecule has 0 amide bonds. The summed E-state index contributed by atoms with van der Waals surface area (Å²) in [6, 6.07) is 9.68. The van der Waals surface area contributed by atoms with E-state index in [4.69, 9.17) is 5.73 Å². The minimum Gasteiger partial charge on any atom is -0.481 e. The Morgan fingerprint density at radius 2 is 2.11 bits per heavy atom. The molecule has 0 bridgehead atoms. The Labute approximate surface area is 112 Å². The normalized spacial score (nSPS) is 14.2. The Kier molecular flexibility index (Phi) is 3.81. The Hall–Kier alpha value is -1.94. The second-order valence-electron chi connectivity index (χ2n) is 4.81. The molecule has 1 atom stereocenters. The lowest BCUT2D eigenvalue weighted by molar-refractivity contribution is -0.148. The van der Waals surface area contributed by atoms with Crippen LogP contribution in [0.2, 0.25) is 0 Å². The van der Waals surface area contributed by atoms with Gasteiger partial charge in [-0.25, -0.2) is 0 Å². The van der Waals surface area contributed by atoms with Crippen molar-refractivity contribution in [1.29, 1.82) is 0 Å². The summed E-state index contributed by atoms with van der Waals surface area (Å²) in [4.78, 5) is 15.9. The topological polar surface area (TPSA) is 76.2 Å². The SMILES string of the molecule is CCC(CN)(Cc1cccc2cccnc12)C(=O)O. The van der Waals surface area contributed by atoms with E-state index in [0.29, 0.717) is 12.8 Å². The van der Waals surface area contributed by atoms with E-state index >= 15 is 0 Å². The number of pyridine rings is 1. The molecule has 0 saturated carbocycles. The first kappa shape index (κ1) is 13.5. The van der Waals surface area contributed by atoms with Crippen LogP contribution >= 0.6 is 0 Å². The van der Waals surface area contributed by atoms with Gasteiger partial charge in [-0.2, -0.15) is 0 Å². The Balaban J connectivity index is 2.48. The quantitative estimate of drug-likeness (QED) is 0.862. The van der Waals surface area contributed by atoms with Gasteiger partial charge in [0.05, 0.1) is 10.9 Å². The van der Waals surface area contributed by atoms with Crippen LogP contribution in [0.1, 0.15) is 18.9 Å². The number of carboxylic acids is 1. The van der Waals surface area contributed by atoms with E-state index in [9.17, 15) is 9.90 Å². The van der Waals surface area contributed by atoms with Crippen LogP contribution in [-0.4, -0.2) is 22.6 Å². The number of nitrogens with zero attached hydrogens (tertiary/aromatic N) is 1. The van der Waals surface area contributed by atoms with Gasteiger partial charge in [-0.15, -0.1) is 0 Å². The van der Waals surface area contributed by atoms with Crippen LogP contribution in [0.3, 0.4) is 0 Å². The lowest BCUT2D eigenvalue weighted by Gasteiger charge is -2.26. The summed E-state index contributed by atoms with van der Waals surface area (Å²) in [5.41, 5.74) is 6.60. The molecule has 0 saturated heterocycles. The van der Waals surface area contributed by atoms with Gasteiger partial charge in [0.25, 0.3) is 0 Å². The summed E-state index contributed by atoms with van der Waals surface area (Å²) in [6.45, 7) is 1.99. The molecule has 0 spiro atoms. The molecule has 2 aromatic rings. The highest BCUT2D eigenvalue weighted by Gasteiger charge is 2.35. The lowest BCUT2D eigenvalue weighted by atomic mass is 9.79. The molecular formula is C15H18N2O2. The van der Waals surface area contributed by atoms with Crippen LogP contribution < -0.4 is 5.73 Å². The highest BCUT2D eigenvalue weighted by molar-refractivity contribution is 5.83. The predicted octanol–water partition coefficient (Wildman–Crippen LogP) is 2.22. The molecule has 1 aromatic heterocycles. The number of para-hydroxylation sites is 1. The zero-order valence-corrected chi connectivity index (χ0v) is 11.0. The van der Waals surface area contributed by atoms with Crippen molar-refractivity contribution < 1.29 is 9.90 Å². The van der Waals surface area contributed by atoms with Crippen LogP contribution in [0.4, 0.5) is 0 Å². The summed E-state index contributed by atoms with van der Waals surface area (Å²) in [7, 11) is 0. The average molecular weight is 258 g/mol. The minimum absolute atomic E-state index is 0.127. The van der Waals surface area contributed by atoms with Crippen LogP contribution in [0.25, 0.3) is 10.9 Å². The molecule has 0 aliphatic carbocycles. The van der Waals surface area contributed by atoms with Gasteiger partial charge in [-0.05, 0) is 24.5 Å². The third-order valence-corrected chi connectivity index (χ3v) is 3.77. The van der Waals surface area contributed by atoms with Gasteiger partial charge in [-0.3, -0.25) is 9.78 Å². The maximum atomic E-state index is 11.5. The molecule has 100 valence electrons. The first-order valence-electron chi connectivity index (χ1n) is 6.39. The standard InChI is InChI=1S/C15H18N2O2/c1-2-15(10-16,14(18)19)9-12-6-3-5-11-7-4-8-17-13(11)12/h3-8H,2,9-10,16H2,1H3,(H,18,19). The predicted molar refractivity (Wildman–Crippen MR) is 74.9 cm³/mol. The van der Waals surface area contributed by atoms with E-state index < -0.39 is 11.4 Å². The number of nitrogens with two attached hydrogens (primary N) is 1. The number of hydrogen-bond acceptors (Lipinski definition) is 3. The third-order valence-electron chi connectivity index (χ3n) is 3.77. The number of carboxylic acid groups (broad SMARTS) is 1. The zero-order valence-electron chi connectivity index (χ0n) is 11.0. The molecule has 2 rings (SSSR count). The van der Waals surface area contributed by atoms with E-state index in [1.54, 1.807) is 6.20 Å². The summed E-state index contributed by atoms with van der Waals surface area (Å²) in [5, 5.41) is 10.5. The van der Waals surface area contributed by atoms with E-state index in [2.05, 4.69) is 4.98 Å². The van der Waals surface area contributed by atoms with Crippen LogP contribution in [-0.2, 0) is 11.2 Å². The summed E-state index contributed by atoms with van der Waals surface area (Å²) >= 11 is 0. The van der Waals surface area contributed by atoms with Crippen molar-refractivity contribution in [2.45, 2.75) is 19.8 Å². The van der Waals surface area contributed by atoms with Crippen molar-refractivity contribution in [2.75, 3.05) is 6.54 Å².